The van der Waals surface area contributed by atoms with E-state index in [0.29, 0.717) is 12.8 Å². The molecule has 1 saturated carbocycles. The highest BCUT2D eigenvalue weighted by atomic mass is 16.4. The summed E-state index contributed by atoms with van der Waals surface area (Å²) in [5.41, 5.74) is -0.159. The lowest BCUT2D eigenvalue weighted by molar-refractivity contribution is -0.137. The van der Waals surface area contributed by atoms with E-state index in [1.54, 1.807) is 0 Å². The third-order valence-electron chi connectivity index (χ3n) is 5.81. The molecule has 0 aliphatic heterocycles. The maximum Gasteiger partial charge on any atom is 0.303 e. The minimum atomic E-state index is -0.760. The van der Waals surface area contributed by atoms with E-state index < -0.39 is 12.1 Å². The van der Waals surface area contributed by atoms with Crippen molar-refractivity contribution < 1.29 is 19.8 Å². The summed E-state index contributed by atoms with van der Waals surface area (Å²) in [6, 6.07) is 0. The molecular weight excluding hydrogens is 340 g/mol. The van der Waals surface area contributed by atoms with E-state index in [0.717, 1.165) is 32.1 Å². The first kappa shape index (κ1) is 23.6. The van der Waals surface area contributed by atoms with Crippen LogP contribution in [0.15, 0.2) is 24.3 Å². The van der Waals surface area contributed by atoms with Crippen LogP contribution >= 0.6 is 0 Å². The number of carbonyl (C=O) groups excluding carboxylic acids is 1. The van der Waals surface area contributed by atoms with E-state index in [1.165, 1.54) is 0 Å². The highest BCUT2D eigenvalue weighted by Crippen LogP contribution is 2.37. The van der Waals surface area contributed by atoms with Crippen molar-refractivity contribution in [2.45, 2.75) is 85.2 Å². The van der Waals surface area contributed by atoms with Crippen molar-refractivity contribution in [3.05, 3.63) is 24.3 Å². The highest BCUT2D eigenvalue weighted by Gasteiger charge is 2.37. The number of Topliss-reactive ketones (excluding diaryl/α,β-unsaturated/α-hetero) is 1. The zero-order valence-corrected chi connectivity index (χ0v) is 17.5. The minimum absolute atomic E-state index is 0.123. The van der Waals surface area contributed by atoms with Gasteiger partial charge in [0, 0.05) is 18.8 Å². The monoisotopic (exact) mass is 378 g/mol. The molecule has 4 heteroatoms. The molecule has 154 valence electrons. The Morgan fingerprint density at radius 2 is 1.96 bits per heavy atom. The van der Waals surface area contributed by atoms with Gasteiger partial charge in [0.2, 0.25) is 0 Å². The third kappa shape index (κ3) is 8.00. The Kier molecular flexibility index (Phi) is 10.00. The fourth-order valence-corrected chi connectivity index (χ4v) is 3.76. The van der Waals surface area contributed by atoms with Crippen LogP contribution in [0.3, 0.4) is 0 Å². The van der Waals surface area contributed by atoms with E-state index in [-0.39, 0.29) is 35.4 Å². The maximum absolute atomic E-state index is 12.4. The van der Waals surface area contributed by atoms with Crippen LogP contribution in [0.25, 0.3) is 0 Å². The van der Waals surface area contributed by atoms with Crippen LogP contribution in [-0.2, 0) is 9.59 Å². The van der Waals surface area contributed by atoms with Crippen molar-refractivity contribution in [2.75, 3.05) is 0 Å². The highest BCUT2D eigenvalue weighted by molar-refractivity contribution is 5.85. The summed E-state index contributed by atoms with van der Waals surface area (Å²) in [6.07, 6.45) is 13.7. The zero-order chi connectivity index (χ0) is 20.4. The quantitative estimate of drug-likeness (QED) is 0.363. The number of allylic oxidation sites excluding steroid dienone is 3. The summed E-state index contributed by atoms with van der Waals surface area (Å²) in [5.74, 6) is -0.212. The second-order valence-corrected chi connectivity index (χ2v) is 8.74. The van der Waals surface area contributed by atoms with Crippen LogP contribution in [0.1, 0.15) is 79.1 Å². The van der Waals surface area contributed by atoms with Gasteiger partial charge in [0.1, 0.15) is 5.78 Å². The maximum atomic E-state index is 12.4. The summed E-state index contributed by atoms with van der Waals surface area (Å²) in [6.45, 7) is 8.44. The first-order valence-corrected chi connectivity index (χ1v) is 10.5. The van der Waals surface area contributed by atoms with Gasteiger partial charge < -0.3 is 10.2 Å². The molecule has 27 heavy (non-hydrogen) atoms. The molecule has 0 saturated heterocycles. The lowest BCUT2D eigenvalue weighted by atomic mass is 9.80. The number of carbonyl (C=O) groups is 2. The van der Waals surface area contributed by atoms with Crippen molar-refractivity contribution in [1.82, 2.24) is 0 Å². The Balaban J connectivity index is 2.64. The van der Waals surface area contributed by atoms with Crippen molar-refractivity contribution in [3.8, 4) is 0 Å². The SMILES string of the molecule is CCCCC(C)(C)[C@H](O)C=C[C@@H]1[C@H](C)CC(=O)[C@@H]1C=CCCCCC(=O)O. The standard InChI is InChI=1S/C23H38O4/c1-5-6-15-23(3,4)21(25)14-13-18-17(2)16-20(24)19(18)11-9-7-8-10-12-22(26)27/h9,11,13-14,17-19,21,25H,5-8,10,12,15-16H2,1-4H3,(H,26,27)/t17-,18-,19-,21-/m1/s1. The molecule has 0 bridgehead atoms. The second kappa shape index (κ2) is 11.4. The van der Waals surface area contributed by atoms with E-state index >= 15 is 0 Å². The van der Waals surface area contributed by atoms with Gasteiger partial charge in [-0.25, -0.2) is 0 Å². The molecule has 4 atom stereocenters. The van der Waals surface area contributed by atoms with Gasteiger partial charge in [0.25, 0.3) is 0 Å². The van der Waals surface area contributed by atoms with Crippen LogP contribution in [0.2, 0.25) is 0 Å². The van der Waals surface area contributed by atoms with E-state index in [9.17, 15) is 14.7 Å². The molecule has 0 aromatic rings. The average molecular weight is 379 g/mol. The van der Waals surface area contributed by atoms with Gasteiger partial charge in [-0.15, -0.1) is 0 Å². The van der Waals surface area contributed by atoms with Crippen molar-refractivity contribution in [3.63, 3.8) is 0 Å². The van der Waals surface area contributed by atoms with Crippen LogP contribution in [0.4, 0.5) is 0 Å². The molecule has 0 aromatic heterocycles. The number of rotatable bonds is 12. The van der Waals surface area contributed by atoms with Gasteiger partial charge >= 0.3 is 5.97 Å². The van der Waals surface area contributed by atoms with E-state index in [1.807, 2.05) is 24.3 Å². The van der Waals surface area contributed by atoms with Crippen molar-refractivity contribution in [2.24, 2.45) is 23.2 Å². The first-order chi connectivity index (χ1) is 12.7. The van der Waals surface area contributed by atoms with Crippen molar-refractivity contribution >= 4 is 11.8 Å². The molecule has 0 unspecified atom stereocenters. The summed E-state index contributed by atoms with van der Waals surface area (Å²) >= 11 is 0. The van der Waals surface area contributed by atoms with E-state index in [2.05, 4.69) is 27.7 Å². The van der Waals surface area contributed by atoms with Crippen LogP contribution in [-0.4, -0.2) is 28.1 Å². The Labute approximate surface area is 164 Å². The molecule has 0 spiro atoms. The van der Waals surface area contributed by atoms with Gasteiger partial charge in [-0.3, -0.25) is 9.59 Å². The number of ketones is 1. The molecular formula is C23H38O4. The molecule has 1 aliphatic rings. The molecule has 1 fully saturated rings. The normalized spacial score (nSPS) is 24.9. The van der Waals surface area contributed by atoms with Gasteiger partial charge in [0.15, 0.2) is 0 Å². The average Bonchev–Trinajstić information content (AvgIpc) is 2.86. The number of unbranched alkanes of at least 4 members (excludes halogenated alkanes) is 3. The van der Waals surface area contributed by atoms with Gasteiger partial charge in [-0.2, -0.15) is 0 Å². The fraction of sp³-hybridized carbons (Fsp3) is 0.739. The number of carboxylic acids is 1. The van der Waals surface area contributed by atoms with E-state index in [4.69, 9.17) is 5.11 Å². The number of carboxylic acid groups (broad SMARTS) is 1. The number of hydrogen-bond acceptors (Lipinski definition) is 3. The largest absolute Gasteiger partial charge is 0.481 e. The molecule has 0 radical (unpaired) electrons. The van der Waals surface area contributed by atoms with Crippen LogP contribution in [0, 0.1) is 23.2 Å². The lowest BCUT2D eigenvalue weighted by Gasteiger charge is -2.29. The van der Waals surface area contributed by atoms with Gasteiger partial charge in [-0.1, -0.05) is 64.8 Å². The Hall–Kier alpha value is -1.42. The van der Waals surface area contributed by atoms with Crippen molar-refractivity contribution in [1.29, 1.82) is 0 Å². The third-order valence-corrected chi connectivity index (χ3v) is 5.81. The molecule has 4 nitrogen and oxygen atoms in total. The molecule has 2 N–H and O–H groups in total. The van der Waals surface area contributed by atoms with Gasteiger partial charge in [0.05, 0.1) is 6.10 Å². The summed E-state index contributed by atoms with van der Waals surface area (Å²) in [5, 5.41) is 19.2. The number of aliphatic hydroxyl groups is 1. The molecule has 0 aromatic carbocycles. The fourth-order valence-electron chi connectivity index (χ4n) is 3.76. The number of aliphatic carboxylic acids is 1. The number of aliphatic hydroxyl groups excluding tert-OH is 1. The Morgan fingerprint density at radius 1 is 1.26 bits per heavy atom. The first-order valence-electron chi connectivity index (χ1n) is 10.5. The molecule has 0 amide bonds. The van der Waals surface area contributed by atoms with Crippen LogP contribution < -0.4 is 0 Å². The Morgan fingerprint density at radius 3 is 2.59 bits per heavy atom. The smallest absolute Gasteiger partial charge is 0.303 e. The molecule has 1 rings (SSSR count). The summed E-state index contributed by atoms with van der Waals surface area (Å²) in [4.78, 5) is 22.9. The second-order valence-electron chi connectivity index (χ2n) is 8.74. The van der Waals surface area contributed by atoms with Gasteiger partial charge in [-0.05, 0) is 42.9 Å². The zero-order valence-electron chi connectivity index (χ0n) is 17.5. The summed E-state index contributed by atoms with van der Waals surface area (Å²) in [7, 11) is 0. The minimum Gasteiger partial charge on any atom is -0.481 e. The Bertz CT molecular complexity index is 532. The van der Waals surface area contributed by atoms with Crippen LogP contribution in [0.5, 0.6) is 0 Å². The molecule has 0 heterocycles. The number of hydrogen-bond donors (Lipinski definition) is 2. The lowest BCUT2D eigenvalue weighted by Crippen LogP contribution is -2.27. The predicted octanol–water partition coefficient (Wildman–Crippen LogP) is 5.16. The topological polar surface area (TPSA) is 74.6 Å². The predicted molar refractivity (Wildman–Crippen MR) is 109 cm³/mol. The molecule has 1 aliphatic carbocycles. The summed E-state index contributed by atoms with van der Waals surface area (Å²) < 4.78 is 0.